The molecule has 21 heavy (non-hydrogen) atoms. The molecule has 1 aromatic carbocycles. The minimum Gasteiger partial charge on any atom is -0.493 e. The van der Waals surface area contributed by atoms with E-state index in [0.29, 0.717) is 13.2 Å². The number of ether oxygens (including phenoxy) is 3. The predicted octanol–water partition coefficient (Wildman–Crippen LogP) is 2.13. The normalized spacial score (nSPS) is 11.0. The molecular formula is C15H25BrN2O3. The van der Waals surface area contributed by atoms with Crippen molar-refractivity contribution < 1.29 is 14.2 Å². The van der Waals surface area contributed by atoms with Crippen LogP contribution in [-0.4, -0.2) is 59.5 Å². The van der Waals surface area contributed by atoms with Crippen LogP contribution in [0, 0.1) is 0 Å². The minimum atomic E-state index is 0.618. The lowest BCUT2D eigenvalue weighted by Gasteiger charge is -2.16. The van der Waals surface area contributed by atoms with Gasteiger partial charge in [-0.1, -0.05) is 0 Å². The first kappa shape index (κ1) is 18.2. The van der Waals surface area contributed by atoms with Crippen molar-refractivity contribution in [2.75, 3.05) is 54.6 Å². The van der Waals surface area contributed by atoms with E-state index in [1.54, 1.807) is 14.2 Å². The maximum absolute atomic E-state index is 5.81. The third-order valence-electron chi connectivity index (χ3n) is 2.89. The van der Waals surface area contributed by atoms with Crippen LogP contribution in [0.4, 0.5) is 0 Å². The topological polar surface area (TPSA) is 43.0 Å². The summed E-state index contributed by atoms with van der Waals surface area (Å²) in [4.78, 5) is 2.08. The van der Waals surface area contributed by atoms with Crippen LogP contribution in [0.1, 0.15) is 5.56 Å². The van der Waals surface area contributed by atoms with Gasteiger partial charge in [-0.2, -0.15) is 0 Å². The molecule has 0 aromatic heterocycles. The van der Waals surface area contributed by atoms with E-state index >= 15 is 0 Å². The molecule has 0 fully saturated rings. The van der Waals surface area contributed by atoms with E-state index in [-0.39, 0.29) is 0 Å². The van der Waals surface area contributed by atoms with Crippen LogP contribution in [-0.2, 0) is 11.3 Å². The van der Waals surface area contributed by atoms with Crippen LogP contribution in [0.3, 0.4) is 0 Å². The predicted molar refractivity (Wildman–Crippen MR) is 88.3 cm³/mol. The van der Waals surface area contributed by atoms with Crippen molar-refractivity contribution >= 4 is 15.9 Å². The standard InChI is InChI=1S/C15H25BrN2O3/c1-18(2)6-8-21-15-13(16)9-12(10-14(15)20-4)11-17-5-7-19-3/h9-10,17H,5-8,11H2,1-4H3. The summed E-state index contributed by atoms with van der Waals surface area (Å²) >= 11 is 3.56. The first-order valence-electron chi connectivity index (χ1n) is 6.92. The highest BCUT2D eigenvalue weighted by molar-refractivity contribution is 9.10. The molecule has 0 heterocycles. The molecule has 0 bridgehead atoms. The lowest BCUT2D eigenvalue weighted by Crippen LogP contribution is -2.20. The lowest BCUT2D eigenvalue weighted by atomic mass is 10.2. The molecule has 0 spiro atoms. The van der Waals surface area contributed by atoms with E-state index in [1.165, 1.54) is 0 Å². The molecule has 1 aromatic rings. The van der Waals surface area contributed by atoms with Gasteiger partial charge in [0, 0.05) is 26.7 Å². The zero-order valence-corrected chi connectivity index (χ0v) is 14.8. The summed E-state index contributed by atoms with van der Waals surface area (Å²) in [7, 11) is 7.39. The molecule has 120 valence electrons. The van der Waals surface area contributed by atoms with Crippen molar-refractivity contribution in [2.45, 2.75) is 6.54 Å². The van der Waals surface area contributed by atoms with Gasteiger partial charge in [-0.05, 0) is 47.7 Å². The summed E-state index contributed by atoms with van der Waals surface area (Å²) in [5.41, 5.74) is 1.13. The fourth-order valence-corrected chi connectivity index (χ4v) is 2.36. The fraction of sp³-hybridized carbons (Fsp3) is 0.600. The van der Waals surface area contributed by atoms with E-state index in [1.807, 2.05) is 26.2 Å². The third-order valence-corrected chi connectivity index (χ3v) is 3.48. The Morgan fingerprint density at radius 2 is 1.95 bits per heavy atom. The quantitative estimate of drug-likeness (QED) is 0.647. The Balaban J connectivity index is 2.67. The van der Waals surface area contributed by atoms with E-state index in [4.69, 9.17) is 14.2 Å². The molecule has 0 saturated heterocycles. The van der Waals surface area contributed by atoms with Gasteiger partial charge >= 0.3 is 0 Å². The maximum atomic E-state index is 5.81. The second kappa shape index (κ2) is 10.00. The number of nitrogens with one attached hydrogen (secondary N) is 1. The molecule has 1 N–H and O–H groups in total. The second-order valence-electron chi connectivity index (χ2n) is 4.93. The van der Waals surface area contributed by atoms with Crippen molar-refractivity contribution in [3.8, 4) is 11.5 Å². The molecule has 0 aliphatic rings. The average Bonchev–Trinajstić information content (AvgIpc) is 2.45. The van der Waals surface area contributed by atoms with E-state index in [2.05, 4.69) is 26.1 Å². The van der Waals surface area contributed by atoms with Crippen molar-refractivity contribution in [3.05, 3.63) is 22.2 Å². The first-order valence-corrected chi connectivity index (χ1v) is 7.71. The van der Waals surface area contributed by atoms with Crippen molar-refractivity contribution in [3.63, 3.8) is 0 Å². The summed E-state index contributed by atoms with van der Waals surface area (Å²) in [6.45, 7) is 3.75. The second-order valence-corrected chi connectivity index (χ2v) is 5.78. The number of rotatable bonds is 10. The Hall–Kier alpha value is -0.820. The van der Waals surface area contributed by atoms with Gasteiger partial charge < -0.3 is 24.4 Å². The summed E-state index contributed by atoms with van der Waals surface area (Å²) < 4.78 is 17.2. The SMILES string of the molecule is COCCNCc1cc(Br)c(OCCN(C)C)c(OC)c1. The molecule has 0 radical (unpaired) electrons. The fourth-order valence-electron chi connectivity index (χ4n) is 1.75. The number of halogens is 1. The Labute approximate surface area is 135 Å². The molecular weight excluding hydrogens is 336 g/mol. The number of methoxy groups -OCH3 is 2. The van der Waals surface area contributed by atoms with Crippen LogP contribution in [0.25, 0.3) is 0 Å². The third kappa shape index (κ3) is 6.65. The highest BCUT2D eigenvalue weighted by atomic mass is 79.9. The number of benzene rings is 1. The van der Waals surface area contributed by atoms with Gasteiger partial charge in [0.2, 0.25) is 0 Å². The minimum absolute atomic E-state index is 0.618. The Bertz CT molecular complexity index is 428. The number of nitrogens with zero attached hydrogens (tertiary/aromatic N) is 1. The van der Waals surface area contributed by atoms with Gasteiger partial charge in [0.25, 0.3) is 0 Å². The maximum Gasteiger partial charge on any atom is 0.175 e. The molecule has 0 atom stereocenters. The number of hydrogen-bond acceptors (Lipinski definition) is 5. The van der Waals surface area contributed by atoms with Crippen LogP contribution in [0.15, 0.2) is 16.6 Å². The molecule has 6 heteroatoms. The molecule has 0 saturated carbocycles. The molecule has 0 aliphatic heterocycles. The van der Waals surface area contributed by atoms with Crippen LogP contribution >= 0.6 is 15.9 Å². The van der Waals surface area contributed by atoms with Crippen LogP contribution in [0.2, 0.25) is 0 Å². The molecule has 5 nitrogen and oxygen atoms in total. The van der Waals surface area contributed by atoms with Gasteiger partial charge in [-0.25, -0.2) is 0 Å². The van der Waals surface area contributed by atoms with Gasteiger partial charge in [0.15, 0.2) is 11.5 Å². The summed E-state index contributed by atoms with van der Waals surface area (Å²) in [6.07, 6.45) is 0. The van der Waals surface area contributed by atoms with Crippen LogP contribution < -0.4 is 14.8 Å². The summed E-state index contributed by atoms with van der Waals surface area (Å²) in [5.74, 6) is 1.49. The van der Waals surface area contributed by atoms with E-state index in [9.17, 15) is 0 Å². The number of likely N-dealkylation sites (N-methyl/N-ethyl adjacent to an activating group) is 1. The Kier molecular flexibility index (Phi) is 8.68. The lowest BCUT2D eigenvalue weighted by molar-refractivity contribution is 0.199. The zero-order chi connectivity index (χ0) is 15.7. The molecule has 0 unspecified atom stereocenters. The monoisotopic (exact) mass is 360 g/mol. The summed E-state index contributed by atoms with van der Waals surface area (Å²) in [6, 6.07) is 4.04. The van der Waals surface area contributed by atoms with Gasteiger partial charge in [-0.3, -0.25) is 0 Å². The molecule has 1 rings (SSSR count). The van der Waals surface area contributed by atoms with E-state index < -0.39 is 0 Å². The largest absolute Gasteiger partial charge is 0.493 e. The van der Waals surface area contributed by atoms with Crippen molar-refractivity contribution in [2.24, 2.45) is 0 Å². The van der Waals surface area contributed by atoms with Gasteiger partial charge in [0.05, 0.1) is 18.2 Å². The number of hydrogen-bond donors (Lipinski definition) is 1. The van der Waals surface area contributed by atoms with Crippen LogP contribution in [0.5, 0.6) is 11.5 Å². The highest BCUT2D eigenvalue weighted by Gasteiger charge is 2.11. The van der Waals surface area contributed by atoms with Crippen molar-refractivity contribution in [1.82, 2.24) is 10.2 Å². The molecule has 0 aliphatic carbocycles. The average molecular weight is 361 g/mol. The van der Waals surface area contributed by atoms with E-state index in [0.717, 1.165) is 41.2 Å². The van der Waals surface area contributed by atoms with Gasteiger partial charge in [-0.15, -0.1) is 0 Å². The Morgan fingerprint density at radius 3 is 2.57 bits per heavy atom. The summed E-state index contributed by atoms with van der Waals surface area (Å²) in [5, 5.41) is 3.31. The first-order chi connectivity index (χ1) is 10.1. The zero-order valence-electron chi connectivity index (χ0n) is 13.2. The smallest absolute Gasteiger partial charge is 0.175 e. The Morgan fingerprint density at radius 1 is 1.19 bits per heavy atom. The molecule has 0 amide bonds. The van der Waals surface area contributed by atoms with Crippen molar-refractivity contribution in [1.29, 1.82) is 0 Å². The highest BCUT2D eigenvalue weighted by Crippen LogP contribution is 2.36. The van der Waals surface area contributed by atoms with Gasteiger partial charge in [0.1, 0.15) is 6.61 Å².